The average molecular weight is 605 g/mol. The third-order valence-corrected chi connectivity index (χ3v) is 6.69. The van der Waals surface area contributed by atoms with Crippen molar-refractivity contribution < 1.29 is 30.8 Å². The summed E-state index contributed by atoms with van der Waals surface area (Å²) in [5.41, 5.74) is 0.796. The van der Waals surface area contributed by atoms with Crippen molar-refractivity contribution in [2.24, 2.45) is 4.40 Å². The van der Waals surface area contributed by atoms with Crippen LogP contribution in [0.15, 0.2) is 62.2 Å². The van der Waals surface area contributed by atoms with Gasteiger partial charge < -0.3 is 15.1 Å². The number of aromatic nitrogens is 2. The Morgan fingerprint density at radius 1 is 1.15 bits per heavy atom. The van der Waals surface area contributed by atoms with Gasteiger partial charge in [0.2, 0.25) is 17.6 Å². The number of alkyl halides is 3. The molecule has 0 radical (unpaired) electrons. The lowest BCUT2D eigenvalue weighted by Crippen LogP contribution is -2.40. The minimum absolute atomic E-state index is 0.0545. The summed E-state index contributed by atoms with van der Waals surface area (Å²) in [7, 11) is -4.10. The molecule has 1 aliphatic rings. The van der Waals surface area contributed by atoms with Crippen molar-refractivity contribution >= 4 is 50.0 Å². The van der Waals surface area contributed by atoms with Crippen LogP contribution in [-0.4, -0.2) is 43.1 Å². The first kappa shape index (κ1) is 24.1. The van der Waals surface area contributed by atoms with Gasteiger partial charge in [-0.25, -0.2) is 0 Å². The molecule has 14 heteroatoms. The number of amides is 1. The fourth-order valence-corrected chi connectivity index (χ4v) is 5.04. The van der Waals surface area contributed by atoms with Gasteiger partial charge in [-0.2, -0.15) is 21.6 Å². The number of rotatable bonds is 6. The highest BCUT2D eigenvalue weighted by Gasteiger charge is 2.33. The molecular formula is C20H15F3IN5O4S. The van der Waals surface area contributed by atoms with Gasteiger partial charge in [0.05, 0.1) is 11.6 Å². The molecule has 4 rings (SSSR count). The predicted molar refractivity (Wildman–Crippen MR) is 123 cm³/mol. The summed E-state index contributed by atoms with van der Waals surface area (Å²) in [4.78, 5) is 12.7. The van der Waals surface area contributed by atoms with Crippen molar-refractivity contribution in [3.63, 3.8) is 0 Å². The normalized spacial score (nSPS) is 15.6. The number of nitrogens with one attached hydrogen (secondary N) is 2. The zero-order valence-corrected chi connectivity index (χ0v) is 20.0. The highest BCUT2D eigenvalue weighted by Crippen LogP contribution is 2.29. The van der Waals surface area contributed by atoms with E-state index >= 15 is 0 Å². The maximum absolute atomic E-state index is 12.7. The minimum Gasteiger partial charge on any atom is -0.424 e. The summed E-state index contributed by atoms with van der Waals surface area (Å²) in [6, 6.07) is 13.1. The molecule has 1 aromatic heterocycles. The zero-order chi connectivity index (χ0) is 24.5. The van der Waals surface area contributed by atoms with E-state index in [1.54, 1.807) is 36.4 Å². The second kappa shape index (κ2) is 9.32. The van der Waals surface area contributed by atoms with Gasteiger partial charge in [0.25, 0.3) is 15.9 Å². The van der Waals surface area contributed by atoms with E-state index in [0.717, 1.165) is 0 Å². The summed E-state index contributed by atoms with van der Waals surface area (Å²) < 4.78 is 72.5. The lowest BCUT2D eigenvalue weighted by molar-refractivity contribution is -0.131. The van der Waals surface area contributed by atoms with E-state index in [0.29, 0.717) is 9.13 Å². The first-order valence-corrected chi connectivity index (χ1v) is 12.2. The Labute approximate surface area is 205 Å². The third-order valence-electron chi connectivity index (χ3n) is 4.70. The molecule has 0 fully saturated rings. The van der Waals surface area contributed by atoms with Crippen molar-refractivity contribution in [3.8, 4) is 0 Å². The SMILES string of the molecule is O=C(NCC(c1ccccc1)c1nnc(CC(F)(F)F)o1)C1=NS(=O)(=O)c2cc(I)ccc2N1. The molecule has 0 spiro atoms. The standard InChI is InChI=1S/C20H15F3IN5O4S/c21-20(22,23)9-16-27-28-19(33-16)13(11-4-2-1-3-5-11)10-25-18(30)17-26-14-7-6-12(24)8-15(14)34(31,32)29-17/h1-8,13H,9-10H2,(H,25,30)(H,26,29). The molecule has 34 heavy (non-hydrogen) atoms. The van der Waals surface area contributed by atoms with Crippen LogP contribution in [-0.2, 0) is 21.2 Å². The Morgan fingerprint density at radius 3 is 2.59 bits per heavy atom. The maximum atomic E-state index is 12.7. The lowest BCUT2D eigenvalue weighted by Gasteiger charge is -2.19. The summed E-state index contributed by atoms with van der Waals surface area (Å²) in [5, 5.41) is 12.4. The van der Waals surface area contributed by atoms with Crippen LogP contribution in [0.3, 0.4) is 0 Å². The number of nitrogens with zero attached hydrogens (tertiary/aromatic N) is 3. The molecule has 2 heterocycles. The molecule has 1 atom stereocenters. The first-order valence-electron chi connectivity index (χ1n) is 9.65. The Morgan fingerprint density at radius 2 is 1.88 bits per heavy atom. The summed E-state index contributed by atoms with van der Waals surface area (Å²) in [5.74, 6) is -2.79. The number of carbonyl (C=O) groups is 1. The van der Waals surface area contributed by atoms with Crippen molar-refractivity contribution in [2.45, 2.75) is 23.4 Å². The van der Waals surface area contributed by atoms with Gasteiger partial charge in [-0.15, -0.1) is 14.6 Å². The number of halogens is 4. The molecule has 0 bridgehead atoms. The van der Waals surface area contributed by atoms with E-state index in [1.807, 2.05) is 22.6 Å². The highest BCUT2D eigenvalue weighted by molar-refractivity contribution is 14.1. The molecule has 1 aliphatic heterocycles. The highest BCUT2D eigenvalue weighted by atomic mass is 127. The van der Waals surface area contributed by atoms with Crippen LogP contribution in [0.5, 0.6) is 0 Å². The number of carbonyl (C=O) groups excluding carboxylic acids is 1. The van der Waals surface area contributed by atoms with E-state index in [9.17, 15) is 26.4 Å². The van der Waals surface area contributed by atoms with Crippen LogP contribution in [0.4, 0.5) is 18.9 Å². The second-order valence-corrected chi connectivity index (χ2v) is 10.00. The molecule has 3 aromatic rings. The number of hydrogen-bond donors (Lipinski definition) is 2. The van der Waals surface area contributed by atoms with Gasteiger partial charge in [-0.1, -0.05) is 30.3 Å². The number of anilines is 1. The molecular weight excluding hydrogens is 590 g/mol. The van der Waals surface area contributed by atoms with E-state index < -0.39 is 46.2 Å². The molecule has 0 saturated carbocycles. The number of benzene rings is 2. The van der Waals surface area contributed by atoms with E-state index in [4.69, 9.17) is 4.42 Å². The van der Waals surface area contributed by atoms with Gasteiger partial charge >= 0.3 is 6.18 Å². The Hall–Kier alpha value is -3.01. The fraction of sp³-hybridized carbons (Fsp3) is 0.200. The summed E-state index contributed by atoms with van der Waals surface area (Å²) in [6.45, 7) is -0.170. The second-order valence-electron chi connectivity index (χ2n) is 7.18. The lowest BCUT2D eigenvalue weighted by atomic mass is 9.99. The van der Waals surface area contributed by atoms with Crippen molar-refractivity contribution in [3.05, 3.63) is 69.4 Å². The molecule has 2 aromatic carbocycles. The van der Waals surface area contributed by atoms with Crippen LogP contribution in [0.1, 0.15) is 23.3 Å². The van der Waals surface area contributed by atoms with Gasteiger partial charge in [0.1, 0.15) is 11.3 Å². The van der Waals surface area contributed by atoms with Gasteiger partial charge in [-0.3, -0.25) is 4.79 Å². The molecule has 0 aliphatic carbocycles. The van der Waals surface area contributed by atoms with Gasteiger partial charge in [-0.05, 0) is 46.4 Å². The maximum Gasteiger partial charge on any atom is 0.397 e. The molecule has 1 amide bonds. The third kappa shape index (κ3) is 5.55. The number of fused-ring (bicyclic) bond motifs is 1. The quantitative estimate of drug-likeness (QED) is 0.414. The van der Waals surface area contributed by atoms with Gasteiger partial charge in [0.15, 0.2) is 0 Å². The monoisotopic (exact) mass is 605 g/mol. The van der Waals surface area contributed by atoms with Crippen LogP contribution in [0.2, 0.25) is 0 Å². The smallest absolute Gasteiger partial charge is 0.397 e. The largest absolute Gasteiger partial charge is 0.424 e. The molecule has 178 valence electrons. The van der Waals surface area contributed by atoms with E-state index in [-0.39, 0.29) is 23.0 Å². The zero-order valence-electron chi connectivity index (χ0n) is 17.0. The Balaban J connectivity index is 1.55. The summed E-state index contributed by atoms with van der Waals surface area (Å²) >= 11 is 1.96. The topological polar surface area (TPSA) is 127 Å². The summed E-state index contributed by atoms with van der Waals surface area (Å²) in [6.07, 6.45) is -5.91. The molecule has 0 saturated heterocycles. The van der Waals surface area contributed by atoms with Crippen LogP contribution >= 0.6 is 22.6 Å². The minimum atomic E-state index is -4.52. The molecule has 2 N–H and O–H groups in total. The number of amidine groups is 1. The average Bonchev–Trinajstić information content (AvgIpc) is 3.21. The molecule has 9 nitrogen and oxygen atoms in total. The van der Waals surface area contributed by atoms with Crippen molar-refractivity contribution in [2.75, 3.05) is 11.9 Å². The number of sulfonamides is 1. The fourth-order valence-electron chi connectivity index (χ4n) is 3.19. The number of hydrogen-bond acceptors (Lipinski definition) is 7. The van der Waals surface area contributed by atoms with E-state index in [1.165, 1.54) is 12.1 Å². The Bertz CT molecular complexity index is 1360. The van der Waals surface area contributed by atoms with E-state index in [2.05, 4.69) is 25.2 Å². The van der Waals surface area contributed by atoms with Crippen molar-refractivity contribution in [1.29, 1.82) is 0 Å². The van der Waals surface area contributed by atoms with Crippen LogP contribution in [0.25, 0.3) is 0 Å². The Kier molecular flexibility index (Phi) is 6.62. The van der Waals surface area contributed by atoms with Crippen LogP contribution in [0, 0.1) is 3.57 Å². The first-order chi connectivity index (χ1) is 16.0. The predicted octanol–water partition coefficient (Wildman–Crippen LogP) is 3.24. The van der Waals surface area contributed by atoms with Crippen molar-refractivity contribution in [1.82, 2.24) is 15.5 Å². The van der Waals surface area contributed by atoms with Crippen LogP contribution < -0.4 is 10.6 Å². The van der Waals surface area contributed by atoms with Gasteiger partial charge in [0, 0.05) is 10.1 Å². The molecule has 1 unspecified atom stereocenters.